The van der Waals surface area contributed by atoms with Gasteiger partial charge in [0.25, 0.3) is 0 Å². The molecule has 1 aromatic heterocycles. The number of fused-ring (bicyclic) bond motifs is 1. The lowest BCUT2D eigenvalue weighted by molar-refractivity contribution is 0.104. The van der Waals surface area contributed by atoms with Gasteiger partial charge in [0.15, 0.2) is 5.78 Å². The van der Waals surface area contributed by atoms with Gasteiger partial charge >= 0.3 is 0 Å². The molecule has 3 nitrogen and oxygen atoms in total. The number of ketones is 1. The van der Waals surface area contributed by atoms with E-state index in [0.29, 0.717) is 21.8 Å². The van der Waals surface area contributed by atoms with Gasteiger partial charge in [0.1, 0.15) is 0 Å². The lowest BCUT2D eigenvalue weighted by Crippen LogP contribution is -2.02. The standard InChI is InChI=1S/C17H15ClN2O/c1-10-3-5-12-14(9-20(2)16(12)7-10)17(21)13-6-4-11(19)8-15(13)18/h3-9H,19H2,1-2H3. The highest BCUT2D eigenvalue weighted by atomic mass is 35.5. The molecule has 2 N–H and O–H groups in total. The fourth-order valence-corrected chi connectivity index (χ4v) is 2.81. The Hall–Kier alpha value is -2.26. The van der Waals surface area contributed by atoms with E-state index in [2.05, 4.69) is 6.07 Å². The minimum atomic E-state index is -0.0885. The van der Waals surface area contributed by atoms with E-state index in [0.717, 1.165) is 16.5 Å². The van der Waals surface area contributed by atoms with E-state index in [4.69, 9.17) is 17.3 Å². The van der Waals surface area contributed by atoms with Gasteiger partial charge in [0.2, 0.25) is 0 Å². The van der Waals surface area contributed by atoms with Gasteiger partial charge in [-0.25, -0.2) is 0 Å². The topological polar surface area (TPSA) is 48.0 Å². The van der Waals surface area contributed by atoms with E-state index in [-0.39, 0.29) is 5.78 Å². The van der Waals surface area contributed by atoms with E-state index >= 15 is 0 Å². The van der Waals surface area contributed by atoms with Gasteiger partial charge in [0, 0.05) is 41.0 Å². The van der Waals surface area contributed by atoms with Gasteiger partial charge < -0.3 is 10.3 Å². The van der Waals surface area contributed by atoms with Crippen LogP contribution in [0.2, 0.25) is 5.02 Å². The molecule has 2 aromatic carbocycles. The monoisotopic (exact) mass is 298 g/mol. The number of nitrogens with two attached hydrogens (primary N) is 1. The third-order valence-corrected chi connectivity index (χ3v) is 3.94. The number of hydrogen-bond acceptors (Lipinski definition) is 2. The Morgan fingerprint density at radius 2 is 1.90 bits per heavy atom. The van der Waals surface area contributed by atoms with Gasteiger partial charge in [-0.15, -0.1) is 0 Å². The van der Waals surface area contributed by atoms with Crippen molar-refractivity contribution in [3.05, 3.63) is 64.3 Å². The van der Waals surface area contributed by atoms with Gasteiger partial charge in [-0.1, -0.05) is 23.7 Å². The van der Waals surface area contributed by atoms with Crippen LogP contribution in [0.15, 0.2) is 42.6 Å². The van der Waals surface area contributed by atoms with Crippen molar-refractivity contribution in [2.75, 3.05) is 5.73 Å². The minimum Gasteiger partial charge on any atom is -0.399 e. The molecule has 0 saturated carbocycles. The smallest absolute Gasteiger partial charge is 0.196 e. The molecule has 0 aliphatic rings. The molecule has 0 atom stereocenters. The van der Waals surface area contributed by atoms with Crippen LogP contribution in [0.3, 0.4) is 0 Å². The first-order valence-electron chi connectivity index (χ1n) is 6.63. The molecule has 0 spiro atoms. The lowest BCUT2D eigenvalue weighted by atomic mass is 10.0. The van der Waals surface area contributed by atoms with Crippen molar-refractivity contribution in [2.24, 2.45) is 7.05 Å². The number of nitrogen functional groups attached to an aromatic ring is 1. The molecule has 0 amide bonds. The summed E-state index contributed by atoms with van der Waals surface area (Å²) in [4.78, 5) is 12.8. The van der Waals surface area contributed by atoms with Crippen LogP contribution in [0.25, 0.3) is 10.9 Å². The molecular formula is C17H15ClN2O. The Balaban J connectivity index is 2.18. The molecular weight excluding hydrogens is 284 g/mol. The molecule has 0 fully saturated rings. The maximum atomic E-state index is 12.8. The fraction of sp³-hybridized carbons (Fsp3) is 0.118. The molecule has 0 unspecified atom stereocenters. The molecule has 106 valence electrons. The Kier molecular flexibility index (Phi) is 3.22. The summed E-state index contributed by atoms with van der Waals surface area (Å²) in [6, 6.07) is 11.0. The molecule has 3 aromatic rings. The van der Waals surface area contributed by atoms with Crippen molar-refractivity contribution in [1.82, 2.24) is 4.57 Å². The molecule has 1 heterocycles. The number of aryl methyl sites for hydroxylation is 2. The predicted octanol–water partition coefficient (Wildman–Crippen LogP) is 3.95. The average Bonchev–Trinajstić information content (AvgIpc) is 2.75. The van der Waals surface area contributed by atoms with Crippen molar-refractivity contribution < 1.29 is 4.79 Å². The minimum absolute atomic E-state index is 0.0885. The summed E-state index contributed by atoms with van der Waals surface area (Å²) in [7, 11) is 1.93. The van der Waals surface area contributed by atoms with Crippen LogP contribution in [-0.2, 0) is 7.05 Å². The normalized spacial score (nSPS) is 11.0. The van der Waals surface area contributed by atoms with E-state index in [1.807, 2.05) is 36.9 Å². The summed E-state index contributed by atoms with van der Waals surface area (Å²) < 4.78 is 1.96. The summed E-state index contributed by atoms with van der Waals surface area (Å²) in [5.74, 6) is -0.0885. The number of hydrogen-bond donors (Lipinski definition) is 1. The molecule has 4 heteroatoms. The predicted molar refractivity (Wildman–Crippen MR) is 87.0 cm³/mol. The number of benzene rings is 2. The number of rotatable bonds is 2. The van der Waals surface area contributed by atoms with Crippen LogP contribution in [-0.4, -0.2) is 10.4 Å². The Morgan fingerprint density at radius 1 is 1.14 bits per heavy atom. The number of aromatic nitrogens is 1. The molecule has 0 aliphatic heterocycles. The van der Waals surface area contributed by atoms with Gasteiger partial charge in [0.05, 0.1) is 5.02 Å². The maximum Gasteiger partial charge on any atom is 0.196 e. The lowest BCUT2D eigenvalue weighted by Gasteiger charge is -2.04. The Morgan fingerprint density at radius 3 is 2.62 bits per heavy atom. The van der Waals surface area contributed by atoms with E-state index in [1.54, 1.807) is 18.2 Å². The van der Waals surface area contributed by atoms with Crippen molar-refractivity contribution in [2.45, 2.75) is 6.92 Å². The molecule has 21 heavy (non-hydrogen) atoms. The highest BCUT2D eigenvalue weighted by Crippen LogP contribution is 2.27. The van der Waals surface area contributed by atoms with E-state index in [9.17, 15) is 4.79 Å². The first-order valence-corrected chi connectivity index (χ1v) is 7.00. The van der Waals surface area contributed by atoms with Crippen molar-refractivity contribution in [3.8, 4) is 0 Å². The number of carbonyl (C=O) groups is 1. The Bertz CT molecular complexity index is 865. The van der Waals surface area contributed by atoms with Crippen LogP contribution in [0, 0.1) is 6.92 Å². The molecule has 0 radical (unpaired) electrons. The summed E-state index contributed by atoms with van der Waals surface area (Å²) in [6.07, 6.45) is 1.85. The maximum absolute atomic E-state index is 12.8. The molecule has 0 saturated heterocycles. The highest BCUT2D eigenvalue weighted by molar-refractivity contribution is 6.35. The third-order valence-electron chi connectivity index (χ3n) is 3.63. The Labute approximate surface area is 127 Å². The van der Waals surface area contributed by atoms with Crippen LogP contribution in [0.4, 0.5) is 5.69 Å². The zero-order chi connectivity index (χ0) is 15.1. The zero-order valence-corrected chi connectivity index (χ0v) is 12.6. The van der Waals surface area contributed by atoms with Crippen LogP contribution < -0.4 is 5.73 Å². The van der Waals surface area contributed by atoms with E-state index in [1.165, 1.54) is 0 Å². The quantitative estimate of drug-likeness (QED) is 0.575. The second-order valence-electron chi connectivity index (χ2n) is 5.24. The number of anilines is 1. The summed E-state index contributed by atoms with van der Waals surface area (Å²) >= 11 is 6.15. The average molecular weight is 299 g/mol. The SMILES string of the molecule is Cc1ccc2c(C(=O)c3ccc(N)cc3Cl)cn(C)c2c1. The largest absolute Gasteiger partial charge is 0.399 e. The van der Waals surface area contributed by atoms with Crippen molar-refractivity contribution in [3.63, 3.8) is 0 Å². The second kappa shape index (κ2) is 4.93. The molecule has 0 aliphatic carbocycles. The van der Waals surface area contributed by atoms with Crippen LogP contribution in [0.5, 0.6) is 0 Å². The summed E-state index contributed by atoms with van der Waals surface area (Å²) in [5.41, 5.74) is 9.54. The summed E-state index contributed by atoms with van der Waals surface area (Å²) in [6.45, 7) is 2.03. The first kappa shape index (κ1) is 13.7. The van der Waals surface area contributed by atoms with Crippen molar-refractivity contribution >= 4 is 34.0 Å². The molecule has 0 bridgehead atoms. The molecule has 3 rings (SSSR count). The summed E-state index contributed by atoms with van der Waals surface area (Å²) in [5, 5.41) is 1.31. The van der Waals surface area contributed by atoms with Gasteiger partial charge in [-0.2, -0.15) is 0 Å². The van der Waals surface area contributed by atoms with Crippen LogP contribution >= 0.6 is 11.6 Å². The number of nitrogens with zero attached hydrogens (tertiary/aromatic N) is 1. The number of carbonyl (C=O) groups excluding carboxylic acids is 1. The third kappa shape index (κ3) is 2.30. The zero-order valence-electron chi connectivity index (χ0n) is 11.9. The first-order chi connectivity index (χ1) is 9.97. The van der Waals surface area contributed by atoms with E-state index < -0.39 is 0 Å². The fourth-order valence-electron chi connectivity index (χ4n) is 2.54. The van der Waals surface area contributed by atoms with Crippen molar-refractivity contribution in [1.29, 1.82) is 0 Å². The number of halogens is 1. The second-order valence-corrected chi connectivity index (χ2v) is 5.65. The van der Waals surface area contributed by atoms with Gasteiger partial charge in [-0.3, -0.25) is 4.79 Å². The highest BCUT2D eigenvalue weighted by Gasteiger charge is 2.18. The van der Waals surface area contributed by atoms with Crippen LogP contribution in [0.1, 0.15) is 21.5 Å². The van der Waals surface area contributed by atoms with Gasteiger partial charge in [-0.05, 0) is 36.8 Å².